The molecular weight excluding hydrogens is 498 g/mol. The number of aliphatic hydroxyl groups excluding tert-OH is 1. The first kappa shape index (κ1) is 24.2. The molecule has 3 aromatic carbocycles. The molecule has 0 radical (unpaired) electrons. The molecule has 0 spiro atoms. The van der Waals surface area contributed by atoms with Gasteiger partial charge < -0.3 is 29.4 Å². The molecule has 0 saturated carbocycles. The smallest absolute Gasteiger partial charge is 0.231 e. The monoisotopic (exact) mass is 521 g/mol. The van der Waals surface area contributed by atoms with Crippen LogP contribution in [0.4, 0.5) is 0 Å². The Morgan fingerprint density at radius 1 is 1.03 bits per heavy atom. The molecule has 4 rings (SSSR count). The van der Waals surface area contributed by atoms with Gasteiger partial charge in [-0.05, 0) is 56.9 Å². The van der Waals surface area contributed by atoms with E-state index in [0.717, 1.165) is 32.7 Å². The minimum atomic E-state index is -0.559. The lowest BCUT2D eigenvalue weighted by molar-refractivity contribution is 0.173. The molecule has 1 heterocycles. The molecule has 1 unspecified atom stereocenters. The Bertz CT molecular complexity index is 1030. The summed E-state index contributed by atoms with van der Waals surface area (Å²) in [6.07, 6.45) is -0.559. The molecule has 8 heteroatoms. The highest BCUT2D eigenvalue weighted by molar-refractivity contribution is 9.10. The van der Waals surface area contributed by atoms with E-state index in [1.165, 1.54) is 0 Å². The van der Waals surface area contributed by atoms with Crippen molar-refractivity contribution >= 4 is 28.3 Å². The van der Waals surface area contributed by atoms with Crippen LogP contribution in [0.25, 0.3) is 0 Å². The number of hydrogen-bond acceptors (Lipinski definition) is 6. The van der Waals surface area contributed by atoms with Crippen LogP contribution in [0.15, 0.2) is 65.1 Å². The van der Waals surface area contributed by atoms with Gasteiger partial charge in [-0.3, -0.25) is 0 Å². The zero-order valence-electron chi connectivity index (χ0n) is 17.5. The second kappa shape index (κ2) is 11.4. The van der Waals surface area contributed by atoms with E-state index < -0.39 is 6.10 Å². The molecule has 1 aliphatic heterocycles. The predicted molar refractivity (Wildman–Crippen MR) is 128 cm³/mol. The predicted octanol–water partition coefficient (Wildman–Crippen LogP) is 5.01. The topological polar surface area (TPSA) is 69.2 Å². The fourth-order valence-corrected chi connectivity index (χ4v) is 3.95. The molecule has 0 bridgehead atoms. The molecule has 1 atom stereocenters. The van der Waals surface area contributed by atoms with Crippen molar-refractivity contribution in [1.29, 1.82) is 0 Å². The van der Waals surface area contributed by atoms with Crippen molar-refractivity contribution in [2.24, 2.45) is 0 Å². The van der Waals surface area contributed by atoms with Gasteiger partial charge in [0.25, 0.3) is 0 Å². The number of hydrogen-bond donors (Lipinski definition) is 2. The SMILES string of the molecule is COc1cc(CNCC(O)c2ccccc2)cc(Br)c1OCc1ccc2c(c1)OCO2.Cl. The summed E-state index contributed by atoms with van der Waals surface area (Å²) in [4.78, 5) is 0. The van der Waals surface area contributed by atoms with Gasteiger partial charge in [-0.1, -0.05) is 36.4 Å². The van der Waals surface area contributed by atoms with E-state index in [-0.39, 0.29) is 19.2 Å². The molecule has 2 N–H and O–H groups in total. The van der Waals surface area contributed by atoms with Gasteiger partial charge in [-0.2, -0.15) is 0 Å². The number of rotatable bonds is 9. The zero-order valence-corrected chi connectivity index (χ0v) is 19.9. The van der Waals surface area contributed by atoms with Crippen molar-refractivity contribution in [1.82, 2.24) is 5.32 Å². The van der Waals surface area contributed by atoms with Crippen LogP contribution in [0, 0.1) is 0 Å². The van der Waals surface area contributed by atoms with Crippen molar-refractivity contribution in [3.63, 3.8) is 0 Å². The molecule has 32 heavy (non-hydrogen) atoms. The highest BCUT2D eigenvalue weighted by Gasteiger charge is 2.16. The van der Waals surface area contributed by atoms with E-state index in [2.05, 4.69) is 21.2 Å². The Labute approximate surface area is 202 Å². The Kier molecular flexibility index (Phi) is 8.64. The van der Waals surface area contributed by atoms with Gasteiger partial charge in [0, 0.05) is 13.1 Å². The molecule has 0 amide bonds. The second-order valence-corrected chi connectivity index (χ2v) is 8.00. The van der Waals surface area contributed by atoms with Crippen LogP contribution < -0.4 is 24.3 Å². The highest BCUT2D eigenvalue weighted by Crippen LogP contribution is 2.38. The Morgan fingerprint density at radius 2 is 1.81 bits per heavy atom. The van der Waals surface area contributed by atoms with E-state index in [1.54, 1.807) is 7.11 Å². The molecule has 0 fully saturated rings. The normalized spacial score (nSPS) is 12.7. The molecule has 170 valence electrons. The number of fused-ring (bicyclic) bond motifs is 1. The van der Waals surface area contributed by atoms with E-state index in [0.29, 0.717) is 31.2 Å². The average molecular weight is 523 g/mol. The van der Waals surface area contributed by atoms with Crippen LogP contribution in [-0.4, -0.2) is 25.6 Å². The lowest BCUT2D eigenvalue weighted by Crippen LogP contribution is -2.21. The maximum atomic E-state index is 10.3. The van der Waals surface area contributed by atoms with Gasteiger partial charge in [-0.15, -0.1) is 12.4 Å². The molecule has 0 aromatic heterocycles. The van der Waals surface area contributed by atoms with Crippen molar-refractivity contribution in [2.45, 2.75) is 19.3 Å². The van der Waals surface area contributed by atoms with Crippen molar-refractivity contribution in [2.75, 3.05) is 20.4 Å². The number of nitrogens with one attached hydrogen (secondary N) is 1. The van der Waals surface area contributed by atoms with Gasteiger partial charge >= 0.3 is 0 Å². The third-order valence-electron chi connectivity index (χ3n) is 4.96. The highest BCUT2D eigenvalue weighted by atomic mass is 79.9. The van der Waals surface area contributed by atoms with Crippen LogP contribution in [0.2, 0.25) is 0 Å². The maximum absolute atomic E-state index is 10.3. The van der Waals surface area contributed by atoms with Gasteiger partial charge in [0.15, 0.2) is 23.0 Å². The summed E-state index contributed by atoms with van der Waals surface area (Å²) in [6, 6.07) is 19.3. The minimum Gasteiger partial charge on any atom is -0.493 e. The number of halogens is 2. The largest absolute Gasteiger partial charge is 0.493 e. The maximum Gasteiger partial charge on any atom is 0.231 e. The first-order valence-electron chi connectivity index (χ1n) is 9.95. The molecule has 1 aliphatic rings. The van der Waals surface area contributed by atoms with E-state index >= 15 is 0 Å². The number of methoxy groups -OCH3 is 1. The first-order chi connectivity index (χ1) is 15.1. The van der Waals surface area contributed by atoms with Gasteiger partial charge in [0.1, 0.15) is 6.61 Å². The number of ether oxygens (including phenoxy) is 4. The molecule has 3 aromatic rings. The van der Waals surface area contributed by atoms with Gasteiger partial charge in [-0.25, -0.2) is 0 Å². The summed E-state index contributed by atoms with van der Waals surface area (Å²) in [6.45, 7) is 1.65. The minimum absolute atomic E-state index is 0. The summed E-state index contributed by atoms with van der Waals surface area (Å²) in [5.41, 5.74) is 2.87. The summed E-state index contributed by atoms with van der Waals surface area (Å²) in [7, 11) is 1.62. The van der Waals surface area contributed by atoms with Crippen molar-refractivity contribution < 1.29 is 24.1 Å². The molecule has 6 nitrogen and oxygen atoms in total. The quantitative estimate of drug-likeness (QED) is 0.412. The molecule has 0 saturated heterocycles. The Morgan fingerprint density at radius 3 is 2.59 bits per heavy atom. The second-order valence-electron chi connectivity index (χ2n) is 7.14. The van der Waals surface area contributed by atoms with Crippen LogP contribution >= 0.6 is 28.3 Å². The molecule has 0 aliphatic carbocycles. The summed E-state index contributed by atoms with van der Waals surface area (Å²) in [5, 5.41) is 13.6. The third kappa shape index (κ3) is 5.86. The Hall–Kier alpha value is -2.45. The summed E-state index contributed by atoms with van der Waals surface area (Å²) < 4.78 is 23.1. The number of benzene rings is 3. The van der Waals surface area contributed by atoms with Gasteiger partial charge in [0.05, 0.1) is 17.7 Å². The average Bonchev–Trinajstić information content (AvgIpc) is 3.26. The lowest BCUT2D eigenvalue weighted by atomic mass is 10.1. The third-order valence-corrected chi connectivity index (χ3v) is 5.55. The summed E-state index contributed by atoms with van der Waals surface area (Å²) in [5.74, 6) is 2.74. The standard InChI is InChI=1S/C24H24BrNO5.ClH/c1-28-23-11-17(12-26-13-20(27)18-5-3-2-4-6-18)9-19(25)24(23)29-14-16-7-8-21-22(10-16)31-15-30-21;/h2-11,20,26-27H,12-15H2,1H3;1H. The number of aliphatic hydroxyl groups is 1. The first-order valence-corrected chi connectivity index (χ1v) is 10.7. The van der Waals surface area contributed by atoms with E-state index in [1.807, 2.05) is 60.7 Å². The van der Waals surface area contributed by atoms with E-state index in [4.69, 9.17) is 18.9 Å². The summed E-state index contributed by atoms with van der Waals surface area (Å²) >= 11 is 3.59. The lowest BCUT2D eigenvalue weighted by Gasteiger charge is -2.16. The van der Waals surface area contributed by atoms with Crippen LogP contribution in [-0.2, 0) is 13.2 Å². The Balaban J connectivity index is 0.00000289. The fourth-order valence-electron chi connectivity index (χ4n) is 3.35. The molecular formula is C24H25BrClNO5. The van der Waals surface area contributed by atoms with Crippen LogP contribution in [0.1, 0.15) is 22.8 Å². The zero-order chi connectivity index (χ0) is 21.6. The van der Waals surface area contributed by atoms with Crippen LogP contribution in [0.3, 0.4) is 0 Å². The van der Waals surface area contributed by atoms with Crippen LogP contribution in [0.5, 0.6) is 23.0 Å². The fraction of sp³-hybridized carbons (Fsp3) is 0.250. The van der Waals surface area contributed by atoms with Crippen molar-refractivity contribution in [3.8, 4) is 23.0 Å². The van der Waals surface area contributed by atoms with Gasteiger partial charge in [0.2, 0.25) is 6.79 Å². The van der Waals surface area contributed by atoms with E-state index in [9.17, 15) is 5.11 Å². The van der Waals surface area contributed by atoms with Crippen molar-refractivity contribution in [3.05, 3.63) is 81.8 Å².